The molecule has 0 fully saturated rings. The summed E-state index contributed by atoms with van der Waals surface area (Å²) >= 11 is 0. The van der Waals surface area contributed by atoms with Crippen LogP contribution in [0.15, 0.2) is 53.5 Å². The Morgan fingerprint density at radius 3 is 2.29 bits per heavy atom. The summed E-state index contributed by atoms with van der Waals surface area (Å²) in [5.41, 5.74) is 2.96. The lowest BCUT2D eigenvalue weighted by Gasteiger charge is -2.26. The molecule has 3 aromatic rings. The number of carboxylic acids is 1. The van der Waals surface area contributed by atoms with Gasteiger partial charge in [-0.25, -0.2) is 8.78 Å². The summed E-state index contributed by atoms with van der Waals surface area (Å²) < 4.78 is 31.6. The van der Waals surface area contributed by atoms with Crippen LogP contribution >= 0.6 is 0 Å². The highest BCUT2D eigenvalue weighted by atomic mass is 19.2. The van der Waals surface area contributed by atoms with Crippen LogP contribution in [0.2, 0.25) is 0 Å². The number of likely N-dealkylation sites (N-methyl/N-ethyl adjacent to an activating group) is 1. The first kappa shape index (κ1) is 31.7. The summed E-state index contributed by atoms with van der Waals surface area (Å²) in [7, 11) is 3.87. The van der Waals surface area contributed by atoms with Gasteiger partial charge in [-0.3, -0.25) is 14.4 Å². The zero-order valence-electron chi connectivity index (χ0n) is 24.5. The normalized spacial score (nSPS) is 12.9. The zero-order chi connectivity index (χ0) is 30.4. The molecule has 9 heteroatoms. The number of nitrogens with zero attached hydrogens (tertiary/aromatic N) is 2. The maximum atomic E-state index is 15.3. The van der Waals surface area contributed by atoms with Crippen molar-refractivity contribution in [1.29, 1.82) is 0 Å². The Morgan fingerprint density at radius 1 is 1.05 bits per heavy atom. The predicted octanol–water partition coefficient (Wildman–Crippen LogP) is 5.43. The number of amides is 1. The topological polar surface area (TPSA) is 91.6 Å². The number of carbonyl (C=O) groups is 2. The lowest BCUT2D eigenvalue weighted by molar-refractivity contribution is -0.138. The third-order valence-electron chi connectivity index (χ3n) is 7.08. The van der Waals surface area contributed by atoms with Crippen LogP contribution in [-0.4, -0.2) is 47.1 Å². The van der Waals surface area contributed by atoms with Gasteiger partial charge in [0.1, 0.15) is 6.04 Å². The Morgan fingerprint density at radius 2 is 1.71 bits per heavy atom. The molecule has 0 saturated heterocycles. The summed E-state index contributed by atoms with van der Waals surface area (Å²) in [5, 5.41) is 12.3. The first-order valence-corrected chi connectivity index (χ1v) is 13.7. The van der Waals surface area contributed by atoms with Crippen LogP contribution in [0, 0.1) is 31.4 Å². The van der Waals surface area contributed by atoms with E-state index in [-0.39, 0.29) is 23.5 Å². The van der Waals surface area contributed by atoms with E-state index in [0.717, 1.165) is 29.3 Å². The monoisotopic (exact) mass is 567 g/mol. The second-order valence-corrected chi connectivity index (χ2v) is 11.3. The molecule has 1 heterocycles. The summed E-state index contributed by atoms with van der Waals surface area (Å²) in [6, 6.07) is 8.80. The molecule has 3 rings (SSSR count). The van der Waals surface area contributed by atoms with Crippen molar-refractivity contribution in [3.05, 3.63) is 92.9 Å². The van der Waals surface area contributed by atoms with Crippen LogP contribution in [-0.2, 0) is 16.0 Å². The molecule has 7 nitrogen and oxygen atoms in total. The number of rotatable bonds is 12. The standard InChI is InChI=1S/C32H39F2N3O4/c1-19(2)14-27(37-18-22(10-11-28(37)38)12-13-36(5)6)32(41)35-26(17-29(39)40)24-15-23(16-25(33)31(24)34)30-20(3)8-7-9-21(30)4/h7-11,15-16,18-19,26-27H,12-14,17H2,1-6H3,(H,35,41)(H,39,40). The van der Waals surface area contributed by atoms with Crippen molar-refractivity contribution in [3.8, 4) is 11.1 Å². The van der Waals surface area contributed by atoms with Gasteiger partial charge < -0.3 is 19.9 Å². The molecule has 0 spiro atoms. The van der Waals surface area contributed by atoms with Gasteiger partial charge in [-0.2, -0.15) is 0 Å². The smallest absolute Gasteiger partial charge is 0.305 e. The SMILES string of the molecule is Cc1cccc(C)c1-c1cc(F)c(F)c(C(CC(=O)O)NC(=O)C(CC(C)C)n2cc(CCN(C)C)ccc2=O)c1. The second-order valence-electron chi connectivity index (χ2n) is 11.3. The van der Waals surface area contributed by atoms with Crippen LogP contribution in [0.4, 0.5) is 8.78 Å². The fourth-order valence-corrected chi connectivity index (χ4v) is 5.05. The first-order valence-electron chi connectivity index (χ1n) is 13.7. The molecule has 0 aliphatic carbocycles. The minimum absolute atomic E-state index is 0.00236. The average molecular weight is 568 g/mol. The van der Waals surface area contributed by atoms with E-state index in [4.69, 9.17) is 0 Å². The number of pyridine rings is 1. The third-order valence-corrected chi connectivity index (χ3v) is 7.08. The number of hydrogen-bond donors (Lipinski definition) is 2. The quantitative estimate of drug-likeness (QED) is 0.304. The summed E-state index contributed by atoms with van der Waals surface area (Å²) in [5.74, 6) is -4.31. The zero-order valence-corrected chi connectivity index (χ0v) is 24.5. The lowest BCUT2D eigenvalue weighted by atomic mass is 9.92. The maximum Gasteiger partial charge on any atom is 0.305 e. The molecule has 0 aliphatic heterocycles. The van der Waals surface area contributed by atoms with E-state index in [1.165, 1.54) is 16.7 Å². The van der Waals surface area contributed by atoms with Crippen molar-refractivity contribution in [1.82, 2.24) is 14.8 Å². The van der Waals surface area contributed by atoms with Crippen molar-refractivity contribution in [2.24, 2.45) is 5.92 Å². The van der Waals surface area contributed by atoms with Gasteiger partial charge in [0.25, 0.3) is 5.56 Å². The van der Waals surface area contributed by atoms with Crippen LogP contribution in [0.1, 0.15) is 61.0 Å². The Balaban J connectivity index is 2.06. The summed E-state index contributed by atoms with van der Waals surface area (Å²) in [6.07, 6.45) is 1.90. The Kier molecular flexibility index (Phi) is 10.6. The number of carbonyl (C=O) groups excluding carboxylic acids is 1. The number of carboxylic acid groups (broad SMARTS) is 1. The molecule has 2 N–H and O–H groups in total. The Bertz CT molecular complexity index is 1450. The van der Waals surface area contributed by atoms with E-state index >= 15 is 4.39 Å². The number of aromatic nitrogens is 1. The highest BCUT2D eigenvalue weighted by Gasteiger charge is 2.29. The van der Waals surface area contributed by atoms with E-state index in [1.54, 1.807) is 12.3 Å². The Labute approximate surface area is 239 Å². The van der Waals surface area contributed by atoms with E-state index in [9.17, 15) is 23.9 Å². The van der Waals surface area contributed by atoms with Gasteiger partial charge in [0.2, 0.25) is 5.91 Å². The highest BCUT2D eigenvalue weighted by Crippen LogP contribution is 2.33. The molecule has 0 aliphatic rings. The van der Waals surface area contributed by atoms with E-state index < -0.39 is 42.0 Å². The molecule has 1 amide bonds. The van der Waals surface area contributed by atoms with Crippen LogP contribution in [0.5, 0.6) is 0 Å². The van der Waals surface area contributed by atoms with Gasteiger partial charge in [-0.05, 0) is 86.7 Å². The molecule has 0 saturated carbocycles. The number of nitrogens with one attached hydrogen (secondary N) is 1. The summed E-state index contributed by atoms with van der Waals surface area (Å²) in [6.45, 7) is 8.24. The predicted molar refractivity (Wildman–Crippen MR) is 156 cm³/mol. The van der Waals surface area contributed by atoms with E-state index in [0.29, 0.717) is 17.5 Å². The van der Waals surface area contributed by atoms with Gasteiger partial charge in [-0.1, -0.05) is 38.1 Å². The molecule has 1 aromatic heterocycles. The van der Waals surface area contributed by atoms with Gasteiger partial charge in [0.05, 0.1) is 12.5 Å². The Hall–Kier alpha value is -3.85. The van der Waals surface area contributed by atoms with Gasteiger partial charge >= 0.3 is 5.97 Å². The molecule has 0 radical (unpaired) electrons. The number of aryl methyl sites for hydroxylation is 2. The molecule has 2 unspecified atom stereocenters. The summed E-state index contributed by atoms with van der Waals surface area (Å²) in [4.78, 5) is 40.5. The number of halogens is 2. The molecule has 220 valence electrons. The minimum Gasteiger partial charge on any atom is -0.481 e. The van der Waals surface area contributed by atoms with Crippen molar-refractivity contribution < 1.29 is 23.5 Å². The van der Waals surface area contributed by atoms with Crippen LogP contribution in [0.3, 0.4) is 0 Å². The van der Waals surface area contributed by atoms with Gasteiger partial charge in [0, 0.05) is 24.4 Å². The second kappa shape index (κ2) is 13.7. The maximum absolute atomic E-state index is 15.3. The lowest BCUT2D eigenvalue weighted by Crippen LogP contribution is -2.40. The average Bonchev–Trinajstić information content (AvgIpc) is 2.88. The van der Waals surface area contributed by atoms with Crippen LogP contribution < -0.4 is 10.9 Å². The molecular formula is C32H39F2N3O4. The largest absolute Gasteiger partial charge is 0.481 e. The fraction of sp³-hybridized carbons (Fsp3) is 0.406. The molecule has 0 bridgehead atoms. The first-order chi connectivity index (χ1) is 19.3. The van der Waals surface area contributed by atoms with Crippen molar-refractivity contribution in [2.75, 3.05) is 20.6 Å². The third kappa shape index (κ3) is 8.10. The van der Waals surface area contributed by atoms with Crippen LogP contribution in [0.25, 0.3) is 11.1 Å². The van der Waals surface area contributed by atoms with Crippen molar-refractivity contribution >= 4 is 11.9 Å². The fourth-order valence-electron chi connectivity index (χ4n) is 5.05. The van der Waals surface area contributed by atoms with Crippen molar-refractivity contribution in [3.63, 3.8) is 0 Å². The number of benzene rings is 2. The van der Waals surface area contributed by atoms with E-state index in [1.807, 2.05) is 64.9 Å². The minimum atomic E-state index is -1.37. The van der Waals surface area contributed by atoms with Crippen molar-refractivity contribution in [2.45, 2.75) is 59.0 Å². The molecule has 2 atom stereocenters. The number of aliphatic carboxylic acids is 1. The van der Waals surface area contributed by atoms with E-state index in [2.05, 4.69) is 5.32 Å². The molecule has 41 heavy (non-hydrogen) atoms. The number of hydrogen-bond acceptors (Lipinski definition) is 4. The van der Waals surface area contributed by atoms with Gasteiger partial charge in [0.15, 0.2) is 11.6 Å². The van der Waals surface area contributed by atoms with Gasteiger partial charge in [-0.15, -0.1) is 0 Å². The highest BCUT2D eigenvalue weighted by molar-refractivity contribution is 5.82. The molecular weight excluding hydrogens is 528 g/mol. The molecule has 2 aromatic carbocycles.